The molecule has 1 heterocycles. The molecule has 1 fully saturated rings. The van der Waals surface area contributed by atoms with Gasteiger partial charge in [-0.25, -0.2) is 8.42 Å². The molecule has 1 aliphatic heterocycles. The third-order valence-corrected chi connectivity index (χ3v) is 7.68. The highest BCUT2D eigenvalue weighted by Crippen LogP contribution is 2.28. The molecule has 0 bridgehead atoms. The van der Waals surface area contributed by atoms with E-state index in [1.165, 1.54) is 4.31 Å². The van der Waals surface area contributed by atoms with Gasteiger partial charge in [-0.05, 0) is 60.4 Å². The molecule has 1 N–H and O–H groups in total. The molecule has 27 heavy (non-hydrogen) atoms. The van der Waals surface area contributed by atoms with Gasteiger partial charge in [0.25, 0.3) is 0 Å². The van der Waals surface area contributed by atoms with E-state index in [2.05, 4.69) is 40.0 Å². The van der Waals surface area contributed by atoms with Gasteiger partial charge in [-0.15, -0.1) is 0 Å². The Balaban J connectivity index is 1.91. The van der Waals surface area contributed by atoms with Crippen LogP contribution in [0.5, 0.6) is 0 Å². The van der Waals surface area contributed by atoms with E-state index < -0.39 is 10.0 Å². The summed E-state index contributed by atoms with van der Waals surface area (Å²) >= 11 is 3.32. The molecule has 2 rings (SSSR count). The first-order valence-corrected chi connectivity index (χ1v) is 11.4. The average molecular weight is 460 g/mol. The topological polar surface area (TPSA) is 69.7 Å². The number of hydrogen-bond acceptors (Lipinski definition) is 4. The number of piperidine rings is 1. The molecule has 0 spiro atoms. The van der Waals surface area contributed by atoms with Gasteiger partial charge in [0.1, 0.15) is 0 Å². The van der Waals surface area contributed by atoms with Gasteiger partial charge in [-0.1, -0.05) is 26.0 Å². The van der Waals surface area contributed by atoms with Crippen LogP contribution in [0.2, 0.25) is 0 Å². The summed E-state index contributed by atoms with van der Waals surface area (Å²) in [4.78, 5) is 14.9. The maximum atomic E-state index is 12.8. The van der Waals surface area contributed by atoms with E-state index in [1.807, 2.05) is 14.1 Å². The van der Waals surface area contributed by atoms with Crippen LogP contribution in [-0.4, -0.2) is 63.8 Å². The molecular weight excluding hydrogens is 430 g/mol. The van der Waals surface area contributed by atoms with Crippen LogP contribution < -0.4 is 5.32 Å². The normalized spacial score (nSPS) is 17.3. The number of rotatable bonds is 7. The summed E-state index contributed by atoms with van der Waals surface area (Å²) in [5.74, 6) is -0.106. The summed E-state index contributed by atoms with van der Waals surface area (Å²) in [5.41, 5.74) is -0.0111. The lowest BCUT2D eigenvalue weighted by atomic mass is 9.91. The number of hydrogen-bond donors (Lipinski definition) is 1. The Hall–Kier alpha value is -0.960. The fraction of sp³-hybridized carbons (Fsp3) is 0.632. The fourth-order valence-corrected chi connectivity index (χ4v) is 5.97. The number of halogens is 1. The van der Waals surface area contributed by atoms with Crippen molar-refractivity contribution in [2.24, 2.45) is 11.3 Å². The molecule has 8 heteroatoms. The minimum absolute atomic E-state index is 0.0111. The predicted octanol–water partition coefficient (Wildman–Crippen LogP) is 2.55. The van der Waals surface area contributed by atoms with Crippen molar-refractivity contribution in [1.29, 1.82) is 0 Å². The smallest absolute Gasteiger partial charge is 0.244 e. The quantitative estimate of drug-likeness (QED) is 0.679. The number of nitrogens with one attached hydrogen (secondary N) is 1. The predicted molar refractivity (Wildman–Crippen MR) is 111 cm³/mol. The van der Waals surface area contributed by atoms with E-state index in [-0.39, 0.29) is 22.1 Å². The van der Waals surface area contributed by atoms with Crippen LogP contribution >= 0.6 is 15.9 Å². The first kappa shape index (κ1) is 22.3. The lowest BCUT2D eigenvalue weighted by Crippen LogP contribution is -2.46. The molecule has 0 atom stereocenters. The third kappa shape index (κ3) is 6.01. The maximum Gasteiger partial charge on any atom is 0.244 e. The van der Waals surface area contributed by atoms with Gasteiger partial charge in [0.15, 0.2) is 0 Å². The van der Waals surface area contributed by atoms with Crippen molar-refractivity contribution < 1.29 is 13.2 Å². The number of carbonyl (C=O) groups is 1. The van der Waals surface area contributed by atoms with Crippen LogP contribution in [-0.2, 0) is 14.8 Å². The van der Waals surface area contributed by atoms with Gasteiger partial charge < -0.3 is 10.2 Å². The summed E-state index contributed by atoms with van der Waals surface area (Å²) in [6.45, 7) is 6.47. The van der Waals surface area contributed by atoms with Crippen molar-refractivity contribution in [3.05, 3.63) is 28.7 Å². The van der Waals surface area contributed by atoms with Crippen LogP contribution in [0, 0.1) is 11.3 Å². The number of sulfonamides is 1. The summed E-state index contributed by atoms with van der Waals surface area (Å²) in [6.07, 6.45) is 1.09. The van der Waals surface area contributed by atoms with E-state index in [0.717, 1.165) is 6.54 Å². The lowest BCUT2D eigenvalue weighted by molar-refractivity contribution is -0.126. The largest absolute Gasteiger partial charge is 0.355 e. The Labute approximate surface area is 171 Å². The van der Waals surface area contributed by atoms with Crippen molar-refractivity contribution >= 4 is 31.9 Å². The Morgan fingerprint density at radius 2 is 1.85 bits per heavy atom. The van der Waals surface area contributed by atoms with E-state index in [9.17, 15) is 13.2 Å². The SMILES string of the molecule is CN(C)CC(C)(C)CNC(=O)C1CCN(S(=O)(=O)c2ccccc2Br)CC1. The molecule has 1 aliphatic rings. The van der Waals surface area contributed by atoms with Crippen LogP contribution in [0.3, 0.4) is 0 Å². The molecule has 0 radical (unpaired) electrons. The van der Waals surface area contributed by atoms with Gasteiger partial charge >= 0.3 is 0 Å². The van der Waals surface area contributed by atoms with Crippen molar-refractivity contribution in [2.75, 3.05) is 40.3 Å². The minimum atomic E-state index is -3.54. The first-order chi connectivity index (χ1) is 12.5. The second-order valence-electron chi connectivity index (χ2n) is 8.23. The molecule has 6 nitrogen and oxygen atoms in total. The van der Waals surface area contributed by atoms with Gasteiger partial charge in [-0.3, -0.25) is 4.79 Å². The van der Waals surface area contributed by atoms with Crippen LogP contribution in [0.4, 0.5) is 0 Å². The van der Waals surface area contributed by atoms with Crippen LogP contribution in [0.1, 0.15) is 26.7 Å². The Bertz CT molecular complexity index is 757. The number of amides is 1. The molecule has 0 unspecified atom stereocenters. The second-order valence-corrected chi connectivity index (χ2v) is 11.0. The molecule has 152 valence electrons. The standard InChI is InChI=1S/C19H30BrN3O3S/c1-19(2,14-22(3)4)13-21-18(24)15-9-11-23(12-10-15)27(25,26)17-8-6-5-7-16(17)20/h5-8,15H,9-14H2,1-4H3,(H,21,24). The highest BCUT2D eigenvalue weighted by atomic mass is 79.9. The lowest BCUT2D eigenvalue weighted by Gasteiger charge is -2.32. The van der Waals surface area contributed by atoms with Crippen LogP contribution in [0.25, 0.3) is 0 Å². The van der Waals surface area contributed by atoms with Gasteiger partial charge in [0.2, 0.25) is 15.9 Å². The molecular formula is C19H30BrN3O3S. The summed E-state index contributed by atoms with van der Waals surface area (Å²) in [7, 11) is 0.496. The molecule has 0 saturated carbocycles. The van der Waals surface area contributed by atoms with E-state index in [0.29, 0.717) is 36.9 Å². The zero-order chi connectivity index (χ0) is 20.2. The Morgan fingerprint density at radius 3 is 2.41 bits per heavy atom. The number of nitrogens with zero attached hydrogens (tertiary/aromatic N) is 2. The summed E-state index contributed by atoms with van der Waals surface area (Å²) in [5, 5.41) is 3.05. The summed E-state index contributed by atoms with van der Waals surface area (Å²) in [6, 6.07) is 6.83. The fourth-order valence-electron chi connectivity index (χ4n) is 3.53. The number of benzene rings is 1. The van der Waals surface area contributed by atoms with E-state index >= 15 is 0 Å². The van der Waals surface area contributed by atoms with Crippen molar-refractivity contribution in [3.8, 4) is 0 Å². The Morgan fingerprint density at radius 1 is 1.26 bits per heavy atom. The Kier molecular flexibility index (Phi) is 7.47. The molecule has 1 aromatic carbocycles. The van der Waals surface area contributed by atoms with Crippen molar-refractivity contribution in [2.45, 2.75) is 31.6 Å². The maximum absolute atomic E-state index is 12.8. The average Bonchev–Trinajstić information content (AvgIpc) is 2.59. The third-order valence-electron chi connectivity index (χ3n) is 4.76. The van der Waals surface area contributed by atoms with E-state index in [4.69, 9.17) is 0 Å². The zero-order valence-corrected chi connectivity index (χ0v) is 18.9. The summed E-state index contributed by atoms with van der Waals surface area (Å²) < 4.78 is 27.7. The second kappa shape index (κ2) is 9.03. The monoisotopic (exact) mass is 459 g/mol. The van der Waals surface area contributed by atoms with Crippen molar-refractivity contribution in [3.63, 3.8) is 0 Å². The van der Waals surface area contributed by atoms with Crippen molar-refractivity contribution in [1.82, 2.24) is 14.5 Å². The van der Waals surface area contributed by atoms with Gasteiger partial charge in [0.05, 0.1) is 4.90 Å². The molecule has 0 aromatic heterocycles. The highest BCUT2D eigenvalue weighted by Gasteiger charge is 2.33. The first-order valence-electron chi connectivity index (χ1n) is 9.20. The van der Waals surface area contributed by atoms with Gasteiger partial charge in [0, 0.05) is 36.6 Å². The van der Waals surface area contributed by atoms with Gasteiger partial charge in [-0.2, -0.15) is 4.31 Å². The molecule has 0 aliphatic carbocycles. The molecule has 1 saturated heterocycles. The zero-order valence-electron chi connectivity index (χ0n) is 16.5. The minimum Gasteiger partial charge on any atom is -0.355 e. The van der Waals surface area contributed by atoms with E-state index in [1.54, 1.807) is 24.3 Å². The van der Waals surface area contributed by atoms with Crippen LogP contribution in [0.15, 0.2) is 33.6 Å². The molecule has 1 amide bonds. The molecule has 1 aromatic rings. The number of carbonyl (C=O) groups excluding carboxylic acids is 1. The highest BCUT2D eigenvalue weighted by molar-refractivity contribution is 9.10.